The number of pyridine rings is 2. The first-order chi connectivity index (χ1) is 23.3. The van der Waals surface area contributed by atoms with Crippen LogP contribution in [0.5, 0.6) is 11.5 Å². The predicted molar refractivity (Wildman–Crippen MR) is 197 cm³/mol. The number of aromatic nitrogens is 4. The third-order valence-corrected chi connectivity index (χ3v) is 9.76. The van der Waals surface area contributed by atoms with Crippen LogP contribution in [0, 0.1) is 0 Å². The van der Waals surface area contributed by atoms with Gasteiger partial charge in [-0.25, -0.2) is 9.97 Å². The molecule has 0 unspecified atom stereocenters. The number of anilines is 3. The average molecular weight is 629 g/mol. The second-order valence-electron chi connectivity index (χ2n) is 13.8. The Labute approximate surface area is 279 Å². The van der Waals surface area contributed by atoms with E-state index in [2.05, 4.69) is 145 Å². The molecule has 0 amide bonds. The standard InChI is InChI=1S/C41H36N6O/c1-41(2,3)26-19-21-42-37(22-26)47-33-14-7-6-12-30(33)31-16-15-29(24-36(31)47)48-28-11-8-10-27(23-28)46-25-44(4)35-18-17-34-38(39(35)46)32-13-9-20-43-40(32)45(34)5/h6-24H,25H2,1-5H3. The monoisotopic (exact) mass is 628 g/mol. The van der Waals surface area contributed by atoms with E-state index in [0.717, 1.165) is 51.7 Å². The van der Waals surface area contributed by atoms with Crippen molar-refractivity contribution in [2.45, 2.75) is 26.2 Å². The Bertz CT molecular complexity index is 2550. The molecule has 7 heteroatoms. The molecule has 0 radical (unpaired) electrons. The van der Waals surface area contributed by atoms with Crippen molar-refractivity contribution in [3.8, 4) is 17.3 Å². The van der Waals surface area contributed by atoms with E-state index in [4.69, 9.17) is 14.7 Å². The summed E-state index contributed by atoms with van der Waals surface area (Å²) < 4.78 is 11.1. The molecule has 5 heterocycles. The largest absolute Gasteiger partial charge is 0.457 e. The summed E-state index contributed by atoms with van der Waals surface area (Å²) in [7, 11) is 4.24. The second-order valence-corrected chi connectivity index (χ2v) is 13.8. The van der Waals surface area contributed by atoms with Gasteiger partial charge in [0.1, 0.15) is 23.0 Å². The molecule has 4 aromatic carbocycles. The van der Waals surface area contributed by atoms with Crippen LogP contribution in [0.1, 0.15) is 26.3 Å². The molecule has 0 atom stereocenters. The van der Waals surface area contributed by atoms with Crippen LogP contribution >= 0.6 is 0 Å². The molecule has 0 saturated carbocycles. The predicted octanol–water partition coefficient (Wildman–Crippen LogP) is 9.85. The molecule has 8 aromatic rings. The Morgan fingerprint density at radius 1 is 0.667 bits per heavy atom. The fraction of sp³-hybridized carbons (Fsp3) is 0.171. The lowest BCUT2D eigenvalue weighted by Crippen LogP contribution is -2.23. The van der Waals surface area contributed by atoms with Gasteiger partial charge in [-0.05, 0) is 77.7 Å². The Morgan fingerprint density at radius 3 is 2.35 bits per heavy atom. The molecule has 9 rings (SSSR count). The maximum absolute atomic E-state index is 6.64. The summed E-state index contributed by atoms with van der Waals surface area (Å²) in [4.78, 5) is 14.2. The van der Waals surface area contributed by atoms with Gasteiger partial charge in [0.15, 0.2) is 0 Å². The molecular formula is C41H36N6O. The second kappa shape index (κ2) is 10.3. The Kier molecular flexibility index (Phi) is 6.12. The number of hydrogen-bond acceptors (Lipinski definition) is 5. The van der Waals surface area contributed by atoms with E-state index in [0.29, 0.717) is 0 Å². The van der Waals surface area contributed by atoms with Crippen molar-refractivity contribution in [1.29, 1.82) is 0 Å². The highest BCUT2D eigenvalue weighted by molar-refractivity contribution is 6.17. The van der Waals surface area contributed by atoms with E-state index in [9.17, 15) is 0 Å². The van der Waals surface area contributed by atoms with E-state index in [-0.39, 0.29) is 5.41 Å². The van der Waals surface area contributed by atoms with Gasteiger partial charge in [0.25, 0.3) is 0 Å². The lowest BCUT2D eigenvalue weighted by molar-refractivity contribution is 0.483. The van der Waals surface area contributed by atoms with Gasteiger partial charge in [-0.15, -0.1) is 0 Å². The minimum absolute atomic E-state index is 0.0106. The Balaban J connectivity index is 1.13. The first-order valence-corrected chi connectivity index (χ1v) is 16.4. The molecule has 48 heavy (non-hydrogen) atoms. The van der Waals surface area contributed by atoms with E-state index in [1.165, 1.54) is 38.6 Å². The molecule has 0 saturated heterocycles. The van der Waals surface area contributed by atoms with E-state index >= 15 is 0 Å². The molecule has 7 nitrogen and oxygen atoms in total. The van der Waals surface area contributed by atoms with Crippen LogP contribution in [0.25, 0.3) is 49.6 Å². The summed E-state index contributed by atoms with van der Waals surface area (Å²) in [5, 5.41) is 4.73. The van der Waals surface area contributed by atoms with Crippen molar-refractivity contribution in [3.05, 3.63) is 121 Å². The Hall–Kier alpha value is -5.82. The molecule has 0 N–H and O–H groups in total. The number of nitrogens with zero attached hydrogens (tertiary/aromatic N) is 6. The van der Waals surface area contributed by atoms with E-state index in [1.807, 2.05) is 24.5 Å². The van der Waals surface area contributed by atoms with E-state index in [1.54, 1.807) is 0 Å². The summed E-state index contributed by atoms with van der Waals surface area (Å²) in [6.45, 7) is 7.44. The zero-order valence-corrected chi connectivity index (χ0v) is 27.8. The summed E-state index contributed by atoms with van der Waals surface area (Å²) in [6, 6.07) is 36.2. The third-order valence-electron chi connectivity index (χ3n) is 9.76. The van der Waals surface area contributed by atoms with Crippen LogP contribution in [0.4, 0.5) is 17.1 Å². The number of para-hydroxylation sites is 1. The maximum Gasteiger partial charge on any atom is 0.140 e. The smallest absolute Gasteiger partial charge is 0.140 e. The average Bonchev–Trinajstić information content (AvgIpc) is 3.71. The Morgan fingerprint density at radius 2 is 1.48 bits per heavy atom. The van der Waals surface area contributed by atoms with Crippen LogP contribution in [0.2, 0.25) is 0 Å². The SMILES string of the molecule is CN1CN(c2cccc(Oc3ccc4c5ccccc5n(-c5cc(C(C)(C)C)ccn5)c4c3)c2)c2c1ccc1c2c2cccnc2n1C. The number of ether oxygens (including phenoxy) is 1. The number of hydrogen-bond donors (Lipinski definition) is 0. The van der Waals surface area contributed by atoms with Gasteiger partial charge in [0.2, 0.25) is 0 Å². The topological polar surface area (TPSA) is 51.4 Å². The number of benzene rings is 4. The summed E-state index contributed by atoms with van der Waals surface area (Å²) in [6.07, 6.45) is 3.78. The van der Waals surface area contributed by atoms with Crippen LogP contribution in [0.15, 0.2) is 116 Å². The minimum Gasteiger partial charge on any atom is -0.457 e. The van der Waals surface area contributed by atoms with E-state index < -0.39 is 0 Å². The number of aryl methyl sites for hydroxylation is 1. The van der Waals surface area contributed by atoms with Gasteiger partial charge < -0.3 is 19.1 Å². The quantitative estimate of drug-likeness (QED) is 0.194. The molecule has 1 aliphatic heterocycles. The van der Waals surface area contributed by atoms with Gasteiger partial charge in [-0.3, -0.25) is 4.57 Å². The number of rotatable bonds is 4. The van der Waals surface area contributed by atoms with Crippen LogP contribution in [-0.4, -0.2) is 32.8 Å². The third kappa shape index (κ3) is 4.27. The normalized spacial score (nSPS) is 13.4. The molecule has 0 fully saturated rings. The maximum atomic E-state index is 6.64. The summed E-state index contributed by atoms with van der Waals surface area (Å²) in [5.74, 6) is 2.46. The fourth-order valence-corrected chi connectivity index (χ4v) is 7.36. The first-order valence-electron chi connectivity index (χ1n) is 16.4. The molecule has 0 bridgehead atoms. The first kappa shape index (κ1) is 28.4. The van der Waals surface area contributed by atoms with Crippen molar-refractivity contribution < 1.29 is 4.74 Å². The lowest BCUT2D eigenvalue weighted by Gasteiger charge is -2.21. The highest BCUT2D eigenvalue weighted by Gasteiger charge is 2.29. The summed E-state index contributed by atoms with van der Waals surface area (Å²) in [5.41, 5.74) is 9.06. The van der Waals surface area contributed by atoms with Crippen molar-refractivity contribution in [2.24, 2.45) is 7.05 Å². The summed E-state index contributed by atoms with van der Waals surface area (Å²) >= 11 is 0. The van der Waals surface area contributed by atoms with Crippen LogP contribution in [0.3, 0.4) is 0 Å². The van der Waals surface area contributed by atoms with Crippen molar-refractivity contribution in [1.82, 2.24) is 19.1 Å². The molecule has 0 spiro atoms. The number of fused-ring (bicyclic) bond motifs is 8. The zero-order chi connectivity index (χ0) is 32.7. The van der Waals surface area contributed by atoms with Crippen molar-refractivity contribution in [2.75, 3.05) is 23.5 Å². The fourth-order valence-electron chi connectivity index (χ4n) is 7.36. The van der Waals surface area contributed by atoms with Gasteiger partial charge in [-0.2, -0.15) is 0 Å². The molecular weight excluding hydrogens is 592 g/mol. The van der Waals surface area contributed by atoms with Crippen molar-refractivity contribution in [3.63, 3.8) is 0 Å². The van der Waals surface area contributed by atoms with Crippen LogP contribution in [-0.2, 0) is 12.5 Å². The molecule has 0 aliphatic carbocycles. The van der Waals surface area contributed by atoms with Gasteiger partial charge >= 0.3 is 0 Å². The lowest BCUT2D eigenvalue weighted by atomic mass is 9.88. The molecule has 236 valence electrons. The highest BCUT2D eigenvalue weighted by Crippen LogP contribution is 2.48. The highest BCUT2D eigenvalue weighted by atomic mass is 16.5. The van der Waals surface area contributed by atoms with Gasteiger partial charge in [-0.1, -0.05) is 45.0 Å². The minimum atomic E-state index is 0.0106. The molecule has 1 aliphatic rings. The van der Waals surface area contributed by atoms with Gasteiger partial charge in [0, 0.05) is 65.9 Å². The van der Waals surface area contributed by atoms with Gasteiger partial charge in [0.05, 0.1) is 34.6 Å². The zero-order valence-electron chi connectivity index (χ0n) is 27.8. The van der Waals surface area contributed by atoms with Crippen molar-refractivity contribution >= 4 is 60.8 Å². The molecule has 4 aromatic heterocycles. The van der Waals surface area contributed by atoms with Crippen LogP contribution < -0.4 is 14.5 Å².